The first kappa shape index (κ1) is 13.8. The van der Waals surface area contributed by atoms with Crippen LogP contribution in [-0.2, 0) is 0 Å². The Morgan fingerprint density at radius 2 is 2.26 bits per heavy atom. The van der Waals surface area contributed by atoms with Crippen LogP contribution in [0, 0.1) is 11.3 Å². The topological polar surface area (TPSA) is 55.7 Å². The van der Waals surface area contributed by atoms with Gasteiger partial charge in [0, 0.05) is 36.4 Å². The average molecular weight is 306 g/mol. The first-order valence-corrected chi connectivity index (χ1v) is 7.62. The minimum absolute atomic E-state index is 0.419. The number of benzene rings is 1. The number of anilines is 1. The highest BCUT2D eigenvalue weighted by molar-refractivity contribution is 6.02. The number of fused-ring (bicyclic) bond motifs is 1. The Labute approximate surface area is 133 Å². The van der Waals surface area contributed by atoms with Crippen molar-refractivity contribution in [2.24, 2.45) is 0 Å². The fourth-order valence-corrected chi connectivity index (χ4v) is 3.22. The lowest BCUT2D eigenvalue weighted by atomic mass is 10.0. The van der Waals surface area contributed by atoms with Gasteiger partial charge >= 0.3 is 0 Å². The standard InChI is InChI=1S/C18H15FN4/c19-14-5-7-23(11-14)16-4-6-21-18-17(16)15(10-22-18)13-3-1-2-12(8-13)9-20/h1-4,6,8,10,14H,5,7,11H2,(H,21,22). The van der Waals surface area contributed by atoms with Crippen molar-refractivity contribution in [3.63, 3.8) is 0 Å². The first-order chi connectivity index (χ1) is 11.3. The van der Waals surface area contributed by atoms with E-state index in [2.05, 4.69) is 20.9 Å². The third kappa shape index (κ3) is 2.33. The van der Waals surface area contributed by atoms with E-state index in [9.17, 15) is 4.39 Å². The predicted molar refractivity (Wildman–Crippen MR) is 88.0 cm³/mol. The highest BCUT2D eigenvalue weighted by Gasteiger charge is 2.24. The van der Waals surface area contributed by atoms with Crippen molar-refractivity contribution in [2.45, 2.75) is 12.6 Å². The van der Waals surface area contributed by atoms with Crippen LogP contribution < -0.4 is 4.90 Å². The number of H-pyrrole nitrogens is 1. The zero-order valence-corrected chi connectivity index (χ0v) is 12.5. The highest BCUT2D eigenvalue weighted by atomic mass is 19.1. The van der Waals surface area contributed by atoms with Crippen LogP contribution in [0.5, 0.6) is 0 Å². The second-order valence-corrected chi connectivity index (χ2v) is 5.78. The van der Waals surface area contributed by atoms with Gasteiger partial charge in [-0.1, -0.05) is 12.1 Å². The Balaban J connectivity index is 1.89. The van der Waals surface area contributed by atoms with Crippen molar-refractivity contribution in [3.8, 4) is 17.2 Å². The maximum atomic E-state index is 13.6. The third-order valence-corrected chi connectivity index (χ3v) is 4.33. The summed E-state index contributed by atoms with van der Waals surface area (Å²) in [5.74, 6) is 0. The number of pyridine rings is 1. The predicted octanol–water partition coefficient (Wildman–Crippen LogP) is 3.65. The largest absolute Gasteiger partial charge is 0.368 e. The summed E-state index contributed by atoms with van der Waals surface area (Å²) in [4.78, 5) is 9.63. The molecule has 23 heavy (non-hydrogen) atoms. The molecule has 0 bridgehead atoms. The molecule has 4 nitrogen and oxygen atoms in total. The Kier molecular flexibility index (Phi) is 3.23. The number of hydrogen-bond acceptors (Lipinski definition) is 3. The molecule has 1 unspecified atom stereocenters. The van der Waals surface area contributed by atoms with Gasteiger partial charge in [0.1, 0.15) is 11.8 Å². The van der Waals surface area contributed by atoms with E-state index in [1.165, 1.54) is 0 Å². The zero-order valence-electron chi connectivity index (χ0n) is 12.5. The molecular formula is C18H15FN4. The summed E-state index contributed by atoms with van der Waals surface area (Å²) < 4.78 is 13.6. The summed E-state index contributed by atoms with van der Waals surface area (Å²) in [5, 5.41) is 10.1. The van der Waals surface area contributed by atoms with E-state index in [1.807, 2.05) is 30.5 Å². The number of nitriles is 1. The summed E-state index contributed by atoms with van der Waals surface area (Å²) >= 11 is 0. The minimum atomic E-state index is -0.775. The molecule has 114 valence electrons. The molecule has 3 aromatic rings. The summed E-state index contributed by atoms with van der Waals surface area (Å²) in [6, 6.07) is 11.6. The van der Waals surface area contributed by atoms with Gasteiger partial charge in [0.15, 0.2) is 0 Å². The van der Waals surface area contributed by atoms with Gasteiger partial charge < -0.3 is 9.88 Å². The molecule has 0 radical (unpaired) electrons. The van der Waals surface area contributed by atoms with E-state index < -0.39 is 6.17 Å². The zero-order chi connectivity index (χ0) is 15.8. The van der Waals surface area contributed by atoms with Crippen molar-refractivity contribution in [2.75, 3.05) is 18.0 Å². The van der Waals surface area contributed by atoms with Crippen LogP contribution in [0.3, 0.4) is 0 Å². The SMILES string of the molecule is N#Cc1cccc(-c2c[nH]c3nccc(N4CCC(F)C4)c23)c1. The number of halogens is 1. The van der Waals surface area contributed by atoms with Gasteiger partial charge in [-0.3, -0.25) is 0 Å². The van der Waals surface area contributed by atoms with Crippen molar-refractivity contribution >= 4 is 16.7 Å². The van der Waals surface area contributed by atoms with Gasteiger partial charge in [-0.2, -0.15) is 5.26 Å². The lowest BCUT2D eigenvalue weighted by Crippen LogP contribution is -2.20. The molecule has 0 amide bonds. The maximum Gasteiger partial charge on any atom is 0.139 e. The lowest BCUT2D eigenvalue weighted by Gasteiger charge is -2.19. The minimum Gasteiger partial charge on any atom is -0.368 e. The number of aromatic amines is 1. The van der Waals surface area contributed by atoms with Crippen molar-refractivity contribution < 1.29 is 4.39 Å². The lowest BCUT2D eigenvalue weighted by molar-refractivity contribution is 0.364. The van der Waals surface area contributed by atoms with Crippen molar-refractivity contribution in [1.29, 1.82) is 5.26 Å². The van der Waals surface area contributed by atoms with Gasteiger partial charge in [0.25, 0.3) is 0 Å². The van der Waals surface area contributed by atoms with Crippen LogP contribution in [0.25, 0.3) is 22.2 Å². The van der Waals surface area contributed by atoms with Gasteiger partial charge in [-0.05, 0) is 30.2 Å². The van der Waals surface area contributed by atoms with Crippen molar-refractivity contribution in [3.05, 3.63) is 48.3 Å². The fourth-order valence-electron chi connectivity index (χ4n) is 3.22. The molecule has 1 aliphatic rings. The molecule has 0 saturated carbocycles. The van der Waals surface area contributed by atoms with Gasteiger partial charge in [-0.25, -0.2) is 9.37 Å². The molecule has 5 heteroatoms. The number of nitrogens with zero attached hydrogens (tertiary/aromatic N) is 3. The Morgan fingerprint density at radius 3 is 3.04 bits per heavy atom. The molecular weight excluding hydrogens is 291 g/mol. The molecule has 0 aliphatic carbocycles. The van der Waals surface area contributed by atoms with E-state index in [4.69, 9.17) is 5.26 Å². The van der Waals surface area contributed by atoms with E-state index in [0.717, 1.165) is 27.8 Å². The van der Waals surface area contributed by atoms with Crippen molar-refractivity contribution in [1.82, 2.24) is 9.97 Å². The van der Waals surface area contributed by atoms with E-state index in [1.54, 1.807) is 12.3 Å². The fraction of sp³-hybridized carbons (Fsp3) is 0.222. The number of hydrogen-bond donors (Lipinski definition) is 1. The van der Waals surface area contributed by atoms with E-state index in [-0.39, 0.29) is 0 Å². The van der Waals surface area contributed by atoms with Gasteiger partial charge in [0.2, 0.25) is 0 Å². The number of alkyl halides is 1. The van der Waals surface area contributed by atoms with Gasteiger partial charge in [-0.15, -0.1) is 0 Å². The molecule has 4 rings (SSSR count). The molecule has 1 fully saturated rings. The summed E-state index contributed by atoms with van der Waals surface area (Å²) in [5.41, 5.74) is 4.34. The highest BCUT2D eigenvalue weighted by Crippen LogP contribution is 2.36. The molecule has 1 aromatic carbocycles. The van der Waals surface area contributed by atoms with E-state index in [0.29, 0.717) is 25.1 Å². The molecule has 2 aromatic heterocycles. The number of aromatic nitrogens is 2. The second-order valence-electron chi connectivity index (χ2n) is 5.78. The maximum absolute atomic E-state index is 13.6. The Bertz CT molecular complexity index is 909. The van der Waals surface area contributed by atoms with Crippen LogP contribution >= 0.6 is 0 Å². The summed E-state index contributed by atoms with van der Waals surface area (Å²) in [7, 11) is 0. The van der Waals surface area contributed by atoms with Gasteiger partial charge in [0.05, 0.1) is 17.3 Å². The monoisotopic (exact) mass is 306 g/mol. The third-order valence-electron chi connectivity index (χ3n) is 4.33. The van der Waals surface area contributed by atoms with Crippen LogP contribution in [-0.4, -0.2) is 29.2 Å². The summed E-state index contributed by atoms with van der Waals surface area (Å²) in [6.07, 6.45) is 3.44. The van der Waals surface area contributed by atoms with Crippen LogP contribution in [0.4, 0.5) is 10.1 Å². The molecule has 0 spiro atoms. The number of nitrogens with one attached hydrogen (secondary N) is 1. The molecule has 1 aliphatic heterocycles. The molecule has 3 heterocycles. The second kappa shape index (κ2) is 5.40. The Hall–Kier alpha value is -2.87. The smallest absolute Gasteiger partial charge is 0.139 e. The summed E-state index contributed by atoms with van der Waals surface area (Å²) in [6.45, 7) is 1.13. The van der Waals surface area contributed by atoms with Crippen LogP contribution in [0.1, 0.15) is 12.0 Å². The van der Waals surface area contributed by atoms with Crippen LogP contribution in [0.15, 0.2) is 42.7 Å². The van der Waals surface area contributed by atoms with E-state index >= 15 is 0 Å². The molecule has 1 N–H and O–H groups in total. The quantitative estimate of drug-likeness (QED) is 0.786. The normalized spacial score (nSPS) is 17.6. The molecule has 1 saturated heterocycles. The number of rotatable bonds is 2. The van der Waals surface area contributed by atoms with Crippen LogP contribution in [0.2, 0.25) is 0 Å². The first-order valence-electron chi connectivity index (χ1n) is 7.62. The average Bonchev–Trinajstić information content (AvgIpc) is 3.21. The Morgan fingerprint density at radius 1 is 1.35 bits per heavy atom. The molecule has 1 atom stereocenters.